The number of thiol groups is 1. The predicted octanol–water partition coefficient (Wildman–Crippen LogP) is 3.57. The average molecular weight is 382 g/mol. The molecule has 0 saturated carbocycles. The number of para-hydroxylation sites is 2. The van der Waals surface area contributed by atoms with Crippen molar-refractivity contribution < 1.29 is 14.3 Å². The van der Waals surface area contributed by atoms with E-state index < -0.39 is 5.91 Å². The van der Waals surface area contributed by atoms with E-state index in [-0.39, 0.29) is 5.97 Å². The number of ether oxygens (including phenoxy) is 2. The van der Waals surface area contributed by atoms with Gasteiger partial charge in [0.15, 0.2) is 0 Å². The van der Waals surface area contributed by atoms with E-state index in [4.69, 9.17) is 9.47 Å². The maximum Gasteiger partial charge on any atom is 0.362 e. The third-order valence-corrected chi connectivity index (χ3v) is 5.04. The number of benzene rings is 2. The number of hydrogen-bond donors (Lipinski definition) is 1. The Hall–Kier alpha value is -2.60. The summed E-state index contributed by atoms with van der Waals surface area (Å²) >= 11 is 4.27. The zero-order valence-corrected chi connectivity index (χ0v) is 16.1. The molecule has 2 aliphatic heterocycles. The molecule has 0 radical (unpaired) electrons. The second-order valence-electron chi connectivity index (χ2n) is 6.65. The molecule has 1 atom stereocenters. The first-order chi connectivity index (χ1) is 13.1. The maximum atomic E-state index is 12.0. The van der Waals surface area contributed by atoms with Gasteiger partial charge in [-0.1, -0.05) is 24.3 Å². The zero-order chi connectivity index (χ0) is 18.9. The summed E-state index contributed by atoms with van der Waals surface area (Å²) in [7, 11) is 2.04. The molecule has 0 aliphatic carbocycles. The van der Waals surface area contributed by atoms with Crippen molar-refractivity contribution in [3.05, 3.63) is 60.2 Å². The van der Waals surface area contributed by atoms with Crippen molar-refractivity contribution in [1.29, 1.82) is 0 Å². The van der Waals surface area contributed by atoms with Gasteiger partial charge in [0.2, 0.25) is 0 Å². The SMILES string of the molecule is CN(CCS)c1ccc(/C=C/C23OC(=O)CCN2c2ccccc2O3)cc1. The summed E-state index contributed by atoms with van der Waals surface area (Å²) in [4.78, 5) is 16.1. The molecule has 0 bridgehead atoms. The Bertz CT molecular complexity index is 868. The molecular weight excluding hydrogens is 360 g/mol. The summed E-state index contributed by atoms with van der Waals surface area (Å²) in [5.41, 5.74) is 3.08. The number of nitrogens with zero attached hydrogens (tertiary/aromatic N) is 2. The fourth-order valence-corrected chi connectivity index (χ4v) is 3.69. The van der Waals surface area contributed by atoms with Crippen LogP contribution in [0.1, 0.15) is 12.0 Å². The highest BCUT2D eigenvalue weighted by Crippen LogP contribution is 2.45. The number of esters is 1. The van der Waals surface area contributed by atoms with E-state index in [9.17, 15) is 4.79 Å². The van der Waals surface area contributed by atoms with E-state index in [1.165, 1.54) is 0 Å². The fraction of sp³-hybridized carbons (Fsp3) is 0.286. The Labute approximate surface area is 164 Å². The van der Waals surface area contributed by atoms with Crippen LogP contribution < -0.4 is 14.5 Å². The van der Waals surface area contributed by atoms with E-state index in [0.29, 0.717) is 13.0 Å². The Kier molecular flexibility index (Phi) is 4.74. The van der Waals surface area contributed by atoms with Gasteiger partial charge in [-0.15, -0.1) is 0 Å². The Morgan fingerprint density at radius 3 is 2.74 bits per heavy atom. The molecule has 2 aliphatic rings. The van der Waals surface area contributed by atoms with Gasteiger partial charge in [0.05, 0.1) is 12.1 Å². The van der Waals surface area contributed by atoms with Crippen LogP contribution in [0, 0.1) is 0 Å². The molecule has 1 saturated heterocycles. The van der Waals surface area contributed by atoms with E-state index in [2.05, 4.69) is 29.7 Å². The first-order valence-corrected chi connectivity index (χ1v) is 9.63. The lowest BCUT2D eigenvalue weighted by Gasteiger charge is -2.38. The quantitative estimate of drug-likeness (QED) is 0.633. The van der Waals surface area contributed by atoms with Gasteiger partial charge in [-0.25, -0.2) is 0 Å². The molecule has 2 aromatic rings. The summed E-state index contributed by atoms with van der Waals surface area (Å²) in [5.74, 6) is 0.0633. The molecule has 6 heteroatoms. The van der Waals surface area contributed by atoms with Gasteiger partial charge >= 0.3 is 11.9 Å². The van der Waals surface area contributed by atoms with Gasteiger partial charge in [-0.3, -0.25) is 9.69 Å². The summed E-state index contributed by atoms with van der Waals surface area (Å²) in [6.07, 6.45) is 4.09. The zero-order valence-electron chi connectivity index (χ0n) is 15.2. The predicted molar refractivity (Wildman–Crippen MR) is 110 cm³/mol. The standard InChI is InChI=1S/C21H22N2O3S/c1-22(14-15-27)17-8-6-16(7-9-17)10-12-21-23(13-11-20(24)26-21)18-4-2-3-5-19(18)25-21/h2-10,12,27H,11,13-15H2,1H3/b12-10+. The Balaban J connectivity index is 1.59. The van der Waals surface area contributed by atoms with Crippen molar-refractivity contribution in [3.8, 4) is 5.75 Å². The highest BCUT2D eigenvalue weighted by molar-refractivity contribution is 7.80. The lowest BCUT2D eigenvalue weighted by Crippen LogP contribution is -2.55. The van der Waals surface area contributed by atoms with Gasteiger partial charge in [-0.2, -0.15) is 12.6 Å². The fourth-order valence-electron chi connectivity index (χ4n) is 3.39. The van der Waals surface area contributed by atoms with Crippen molar-refractivity contribution in [3.63, 3.8) is 0 Å². The molecule has 140 valence electrons. The third kappa shape index (κ3) is 3.37. The van der Waals surface area contributed by atoms with Crippen LogP contribution in [0.3, 0.4) is 0 Å². The normalized spacial score (nSPS) is 20.8. The lowest BCUT2D eigenvalue weighted by atomic mass is 10.1. The van der Waals surface area contributed by atoms with Gasteiger partial charge in [0, 0.05) is 37.7 Å². The lowest BCUT2D eigenvalue weighted by molar-refractivity contribution is -0.185. The molecule has 1 fully saturated rings. The second-order valence-corrected chi connectivity index (χ2v) is 7.09. The number of carbonyl (C=O) groups is 1. The maximum absolute atomic E-state index is 12.0. The number of hydrogen-bond acceptors (Lipinski definition) is 6. The molecule has 0 aromatic heterocycles. The van der Waals surface area contributed by atoms with Crippen LogP contribution in [0.15, 0.2) is 54.6 Å². The summed E-state index contributed by atoms with van der Waals surface area (Å²) in [6, 6.07) is 15.9. The summed E-state index contributed by atoms with van der Waals surface area (Å²) in [6.45, 7) is 1.45. The number of anilines is 2. The van der Waals surface area contributed by atoms with Gasteiger partial charge in [-0.05, 0) is 35.9 Å². The molecule has 1 unspecified atom stereocenters. The Morgan fingerprint density at radius 2 is 1.96 bits per heavy atom. The van der Waals surface area contributed by atoms with Crippen molar-refractivity contribution in [1.82, 2.24) is 0 Å². The number of carbonyl (C=O) groups excluding carboxylic acids is 1. The van der Waals surface area contributed by atoms with E-state index >= 15 is 0 Å². The van der Waals surface area contributed by atoms with E-state index in [1.54, 1.807) is 0 Å². The molecule has 0 spiro atoms. The minimum Gasteiger partial charge on any atom is -0.430 e. The highest BCUT2D eigenvalue weighted by Gasteiger charge is 2.50. The highest BCUT2D eigenvalue weighted by atomic mass is 32.1. The first-order valence-electron chi connectivity index (χ1n) is 9.00. The molecule has 4 rings (SSSR count). The summed E-state index contributed by atoms with van der Waals surface area (Å²) < 4.78 is 11.7. The largest absolute Gasteiger partial charge is 0.430 e. The molecule has 2 heterocycles. The van der Waals surface area contributed by atoms with Crippen molar-refractivity contribution >= 4 is 36.0 Å². The summed E-state index contributed by atoms with van der Waals surface area (Å²) in [5, 5.41) is 0. The van der Waals surface area contributed by atoms with Gasteiger partial charge in [0.1, 0.15) is 5.75 Å². The smallest absolute Gasteiger partial charge is 0.362 e. The van der Waals surface area contributed by atoms with Gasteiger partial charge in [0.25, 0.3) is 0 Å². The van der Waals surface area contributed by atoms with Crippen LogP contribution in [0.4, 0.5) is 11.4 Å². The van der Waals surface area contributed by atoms with E-state index in [1.807, 2.05) is 60.5 Å². The van der Waals surface area contributed by atoms with Crippen molar-refractivity contribution in [2.45, 2.75) is 12.3 Å². The molecular formula is C21H22N2O3S. The van der Waals surface area contributed by atoms with Crippen LogP contribution >= 0.6 is 12.6 Å². The minimum atomic E-state index is -1.21. The topological polar surface area (TPSA) is 42.0 Å². The molecule has 5 nitrogen and oxygen atoms in total. The average Bonchev–Trinajstić information content (AvgIpc) is 3.00. The monoisotopic (exact) mass is 382 g/mol. The van der Waals surface area contributed by atoms with Crippen LogP contribution in [0.5, 0.6) is 5.75 Å². The van der Waals surface area contributed by atoms with E-state index in [0.717, 1.165) is 35.0 Å². The third-order valence-electron chi connectivity index (χ3n) is 4.84. The van der Waals surface area contributed by atoms with Crippen LogP contribution in [0.25, 0.3) is 6.08 Å². The molecule has 27 heavy (non-hydrogen) atoms. The van der Waals surface area contributed by atoms with Crippen LogP contribution in [0.2, 0.25) is 0 Å². The molecule has 0 amide bonds. The molecule has 2 aromatic carbocycles. The van der Waals surface area contributed by atoms with Crippen molar-refractivity contribution in [2.75, 3.05) is 35.7 Å². The van der Waals surface area contributed by atoms with Crippen LogP contribution in [-0.4, -0.2) is 37.8 Å². The second kappa shape index (κ2) is 7.19. The van der Waals surface area contributed by atoms with Crippen molar-refractivity contribution in [2.24, 2.45) is 0 Å². The Morgan fingerprint density at radius 1 is 1.19 bits per heavy atom. The minimum absolute atomic E-state index is 0.257. The molecule has 0 N–H and O–H groups in total. The van der Waals surface area contributed by atoms with Crippen LogP contribution in [-0.2, 0) is 9.53 Å². The first kappa shape index (κ1) is 17.8. The number of fused-ring (bicyclic) bond motifs is 3. The van der Waals surface area contributed by atoms with Gasteiger partial charge < -0.3 is 14.4 Å². The number of rotatable bonds is 5.